The Balaban J connectivity index is 2.97. The third kappa shape index (κ3) is 2.52. The maximum absolute atomic E-state index is 13.0. The topological polar surface area (TPSA) is 12.0 Å². The number of rotatable bonds is 3. The zero-order valence-corrected chi connectivity index (χ0v) is 8.39. The molecular weight excluding hydrogens is 165 g/mol. The highest BCUT2D eigenvalue weighted by molar-refractivity contribution is 5.32. The van der Waals surface area contributed by atoms with Crippen LogP contribution in [-0.4, -0.2) is 7.05 Å². The van der Waals surface area contributed by atoms with Crippen LogP contribution >= 0.6 is 0 Å². The number of aryl methyl sites for hydroxylation is 1. The van der Waals surface area contributed by atoms with Crippen LogP contribution in [0.3, 0.4) is 0 Å². The van der Waals surface area contributed by atoms with Gasteiger partial charge in [0.15, 0.2) is 0 Å². The van der Waals surface area contributed by atoms with Crippen molar-refractivity contribution < 1.29 is 4.39 Å². The van der Waals surface area contributed by atoms with Gasteiger partial charge in [-0.25, -0.2) is 4.39 Å². The maximum Gasteiger partial charge on any atom is 0.122 e. The lowest BCUT2D eigenvalue weighted by Crippen LogP contribution is -2.07. The molecule has 1 N–H and O–H groups in total. The minimum absolute atomic E-state index is 0.760. The highest BCUT2D eigenvalue weighted by Crippen LogP contribution is 2.19. The van der Waals surface area contributed by atoms with Crippen molar-refractivity contribution in [2.45, 2.75) is 26.6 Å². The zero-order valence-electron chi connectivity index (χ0n) is 8.39. The van der Waals surface area contributed by atoms with Gasteiger partial charge in [-0.05, 0) is 37.6 Å². The van der Waals surface area contributed by atoms with E-state index in [2.05, 4.69) is 5.32 Å². The van der Waals surface area contributed by atoms with Gasteiger partial charge in [0.05, 0.1) is 0 Å². The Labute approximate surface area is 79.0 Å². The monoisotopic (exact) mass is 181 g/mol. The molecule has 0 saturated carbocycles. The van der Waals surface area contributed by atoms with E-state index in [0.29, 0.717) is 0 Å². The Kier molecular flexibility index (Phi) is 3.43. The minimum atomic E-state index is -0.879. The summed E-state index contributed by atoms with van der Waals surface area (Å²) in [5.74, 6) is 0. The molecule has 0 aromatic heterocycles. The molecule has 0 heterocycles. The first kappa shape index (κ1) is 10.2. The Morgan fingerprint density at radius 2 is 2.15 bits per heavy atom. The van der Waals surface area contributed by atoms with Gasteiger partial charge < -0.3 is 5.32 Å². The molecule has 0 fully saturated rings. The number of benzene rings is 1. The second-order valence-corrected chi connectivity index (χ2v) is 3.33. The molecule has 1 aromatic carbocycles. The first-order chi connectivity index (χ1) is 6.15. The lowest BCUT2D eigenvalue weighted by atomic mass is 10.0. The summed E-state index contributed by atoms with van der Waals surface area (Å²) >= 11 is 0. The Bertz CT molecular complexity index is 281. The third-order valence-corrected chi connectivity index (χ3v) is 2.20. The van der Waals surface area contributed by atoms with Crippen molar-refractivity contribution in [1.82, 2.24) is 5.32 Å². The molecule has 1 rings (SSSR count). The SMILES string of the molecule is CNCc1cc(C(C)F)ccc1C. The molecule has 2 heteroatoms. The minimum Gasteiger partial charge on any atom is -0.316 e. The van der Waals surface area contributed by atoms with Gasteiger partial charge >= 0.3 is 0 Å². The zero-order chi connectivity index (χ0) is 9.84. The van der Waals surface area contributed by atoms with Crippen molar-refractivity contribution in [3.63, 3.8) is 0 Å². The van der Waals surface area contributed by atoms with Gasteiger partial charge in [-0.1, -0.05) is 18.2 Å². The van der Waals surface area contributed by atoms with Gasteiger partial charge in [0, 0.05) is 6.54 Å². The van der Waals surface area contributed by atoms with Crippen molar-refractivity contribution >= 4 is 0 Å². The van der Waals surface area contributed by atoms with Gasteiger partial charge in [-0.2, -0.15) is 0 Å². The fraction of sp³-hybridized carbons (Fsp3) is 0.455. The van der Waals surface area contributed by atoms with Crippen LogP contribution in [0.2, 0.25) is 0 Å². The number of halogens is 1. The maximum atomic E-state index is 13.0. The van der Waals surface area contributed by atoms with Crippen LogP contribution in [0.25, 0.3) is 0 Å². The summed E-state index contributed by atoms with van der Waals surface area (Å²) in [6.45, 7) is 4.40. The van der Waals surface area contributed by atoms with E-state index in [1.807, 2.05) is 32.2 Å². The highest BCUT2D eigenvalue weighted by Gasteiger charge is 2.04. The average molecular weight is 181 g/mol. The summed E-state index contributed by atoms with van der Waals surface area (Å²) in [6.07, 6.45) is -0.879. The molecule has 0 aliphatic rings. The quantitative estimate of drug-likeness (QED) is 0.756. The molecule has 72 valence electrons. The van der Waals surface area contributed by atoms with Gasteiger partial charge in [0.1, 0.15) is 6.17 Å². The van der Waals surface area contributed by atoms with Crippen LogP contribution in [0.4, 0.5) is 4.39 Å². The number of alkyl halides is 1. The average Bonchev–Trinajstić information content (AvgIpc) is 2.08. The van der Waals surface area contributed by atoms with Crippen LogP contribution in [0, 0.1) is 6.92 Å². The smallest absolute Gasteiger partial charge is 0.122 e. The molecule has 1 nitrogen and oxygen atoms in total. The normalized spacial score (nSPS) is 12.9. The molecule has 0 bridgehead atoms. The second-order valence-electron chi connectivity index (χ2n) is 3.33. The van der Waals surface area contributed by atoms with E-state index in [1.54, 1.807) is 6.92 Å². The second kappa shape index (κ2) is 4.38. The molecule has 0 spiro atoms. The van der Waals surface area contributed by atoms with E-state index in [1.165, 1.54) is 11.1 Å². The largest absolute Gasteiger partial charge is 0.316 e. The van der Waals surface area contributed by atoms with Crippen LogP contribution in [-0.2, 0) is 6.54 Å². The van der Waals surface area contributed by atoms with Crippen LogP contribution in [0.5, 0.6) is 0 Å². The molecule has 0 amide bonds. The summed E-state index contributed by atoms with van der Waals surface area (Å²) in [6, 6.07) is 5.74. The molecule has 1 atom stereocenters. The summed E-state index contributed by atoms with van der Waals surface area (Å²) in [5, 5.41) is 3.07. The van der Waals surface area contributed by atoms with Gasteiger partial charge in [-0.3, -0.25) is 0 Å². The van der Waals surface area contributed by atoms with Crippen molar-refractivity contribution in [3.8, 4) is 0 Å². The Morgan fingerprint density at radius 1 is 1.46 bits per heavy atom. The number of nitrogens with one attached hydrogen (secondary N) is 1. The summed E-state index contributed by atoms with van der Waals surface area (Å²) in [4.78, 5) is 0. The van der Waals surface area contributed by atoms with Gasteiger partial charge in [-0.15, -0.1) is 0 Å². The highest BCUT2D eigenvalue weighted by atomic mass is 19.1. The first-order valence-electron chi connectivity index (χ1n) is 4.53. The summed E-state index contributed by atoms with van der Waals surface area (Å²) < 4.78 is 13.0. The van der Waals surface area contributed by atoms with Crippen molar-refractivity contribution in [2.75, 3.05) is 7.05 Å². The fourth-order valence-electron chi connectivity index (χ4n) is 1.32. The first-order valence-corrected chi connectivity index (χ1v) is 4.53. The lowest BCUT2D eigenvalue weighted by molar-refractivity contribution is 0.374. The molecule has 0 aliphatic carbocycles. The van der Waals surface area contributed by atoms with Crippen molar-refractivity contribution in [2.24, 2.45) is 0 Å². The Hall–Kier alpha value is -0.890. The molecule has 0 aliphatic heterocycles. The Morgan fingerprint density at radius 3 is 2.69 bits per heavy atom. The summed E-state index contributed by atoms with van der Waals surface area (Å²) in [7, 11) is 1.89. The molecule has 0 radical (unpaired) electrons. The van der Waals surface area contributed by atoms with Gasteiger partial charge in [0.2, 0.25) is 0 Å². The van der Waals surface area contributed by atoms with E-state index in [0.717, 1.165) is 12.1 Å². The number of hydrogen-bond acceptors (Lipinski definition) is 1. The van der Waals surface area contributed by atoms with Crippen molar-refractivity contribution in [1.29, 1.82) is 0 Å². The van der Waals surface area contributed by atoms with E-state index in [9.17, 15) is 4.39 Å². The molecule has 13 heavy (non-hydrogen) atoms. The predicted octanol–water partition coefficient (Wildman–Crippen LogP) is 2.74. The molecule has 1 unspecified atom stereocenters. The number of hydrogen-bond donors (Lipinski definition) is 1. The van der Waals surface area contributed by atoms with Gasteiger partial charge in [0.25, 0.3) is 0 Å². The van der Waals surface area contributed by atoms with E-state index < -0.39 is 6.17 Å². The third-order valence-electron chi connectivity index (χ3n) is 2.20. The molecule has 0 saturated heterocycles. The van der Waals surface area contributed by atoms with Crippen molar-refractivity contribution in [3.05, 3.63) is 34.9 Å². The van der Waals surface area contributed by atoms with E-state index in [4.69, 9.17) is 0 Å². The van der Waals surface area contributed by atoms with Crippen LogP contribution < -0.4 is 5.32 Å². The lowest BCUT2D eigenvalue weighted by Gasteiger charge is -2.08. The van der Waals surface area contributed by atoms with E-state index >= 15 is 0 Å². The standard InChI is InChI=1S/C11H16FN/c1-8-4-5-10(9(2)12)6-11(8)7-13-3/h4-6,9,13H,7H2,1-3H3. The van der Waals surface area contributed by atoms with Crippen LogP contribution in [0.1, 0.15) is 29.8 Å². The summed E-state index contributed by atoms with van der Waals surface area (Å²) in [5.41, 5.74) is 3.14. The van der Waals surface area contributed by atoms with E-state index in [-0.39, 0.29) is 0 Å². The van der Waals surface area contributed by atoms with Crippen LogP contribution in [0.15, 0.2) is 18.2 Å². The molecule has 1 aromatic rings. The molecular formula is C11H16FN. The predicted molar refractivity (Wildman–Crippen MR) is 53.5 cm³/mol. The fourth-order valence-corrected chi connectivity index (χ4v) is 1.32.